The van der Waals surface area contributed by atoms with E-state index in [1.165, 1.54) is 19.2 Å². The third kappa shape index (κ3) is 4.24. The Morgan fingerprint density at radius 1 is 1.10 bits per heavy atom. The molecule has 21 heavy (non-hydrogen) atoms. The Morgan fingerprint density at radius 3 is 2.29 bits per heavy atom. The highest BCUT2D eigenvalue weighted by Gasteiger charge is 2.14. The number of hydrogen-bond donors (Lipinski definition) is 0. The molecule has 6 nitrogen and oxygen atoms in total. The van der Waals surface area contributed by atoms with Crippen molar-refractivity contribution in [2.75, 3.05) is 13.7 Å². The molecule has 0 atom stereocenters. The molecular weight excluding hydrogens is 292 g/mol. The van der Waals surface area contributed by atoms with Crippen molar-refractivity contribution in [1.29, 1.82) is 0 Å². The van der Waals surface area contributed by atoms with E-state index in [-0.39, 0.29) is 17.5 Å². The summed E-state index contributed by atoms with van der Waals surface area (Å²) in [5.74, 6) is 0. The first-order chi connectivity index (χ1) is 10.0. The number of aryl methyl sites for hydroxylation is 1. The Morgan fingerprint density at radius 2 is 1.71 bits per heavy atom. The molecule has 1 heterocycles. The van der Waals surface area contributed by atoms with Gasteiger partial charge in [0.25, 0.3) is 10.1 Å². The lowest BCUT2D eigenvalue weighted by molar-refractivity contribution is 0.321. The molecule has 1 aromatic heterocycles. The van der Waals surface area contributed by atoms with Crippen molar-refractivity contribution in [3.8, 4) is 6.01 Å². The SMILES string of the molecule is COc1ncc(CCOS(=O)(=O)c2ccc(C)cc2)cn1. The lowest BCUT2D eigenvalue weighted by Crippen LogP contribution is -2.09. The summed E-state index contributed by atoms with van der Waals surface area (Å²) >= 11 is 0. The molecule has 0 fully saturated rings. The van der Waals surface area contributed by atoms with Gasteiger partial charge in [0.05, 0.1) is 18.6 Å². The van der Waals surface area contributed by atoms with Gasteiger partial charge in [-0.05, 0) is 24.6 Å². The van der Waals surface area contributed by atoms with Crippen LogP contribution in [-0.4, -0.2) is 32.1 Å². The van der Waals surface area contributed by atoms with Crippen LogP contribution in [0.15, 0.2) is 41.6 Å². The van der Waals surface area contributed by atoms with Gasteiger partial charge in [-0.25, -0.2) is 9.97 Å². The first-order valence-electron chi connectivity index (χ1n) is 6.32. The molecule has 1 aromatic carbocycles. The molecule has 0 aliphatic heterocycles. The average molecular weight is 308 g/mol. The molecule has 7 heteroatoms. The summed E-state index contributed by atoms with van der Waals surface area (Å²) in [6.45, 7) is 1.92. The minimum Gasteiger partial charge on any atom is -0.467 e. The van der Waals surface area contributed by atoms with Gasteiger partial charge in [-0.15, -0.1) is 0 Å². The number of methoxy groups -OCH3 is 1. The number of aromatic nitrogens is 2. The van der Waals surface area contributed by atoms with Gasteiger partial charge < -0.3 is 4.74 Å². The Kier molecular flexibility index (Phi) is 4.87. The van der Waals surface area contributed by atoms with Crippen LogP contribution in [0.4, 0.5) is 0 Å². The molecule has 0 aliphatic carbocycles. The summed E-state index contributed by atoms with van der Waals surface area (Å²) in [7, 11) is -2.25. The van der Waals surface area contributed by atoms with Crippen LogP contribution < -0.4 is 4.74 Å². The van der Waals surface area contributed by atoms with Gasteiger partial charge in [0.1, 0.15) is 0 Å². The van der Waals surface area contributed by atoms with E-state index >= 15 is 0 Å². The van der Waals surface area contributed by atoms with E-state index in [0.717, 1.165) is 11.1 Å². The van der Waals surface area contributed by atoms with Crippen LogP contribution in [0.25, 0.3) is 0 Å². The molecule has 2 aromatic rings. The van der Waals surface area contributed by atoms with E-state index in [4.69, 9.17) is 8.92 Å². The third-order valence-corrected chi connectivity index (χ3v) is 4.13. The molecule has 0 unspecified atom stereocenters. The smallest absolute Gasteiger partial charge is 0.316 e. The van der Waals surface area contributed by atoms with Crippen LogP contribution in [0.5, 0.6) is 6.01 Å². The Hall–Kier alpha value is -1.99. The summed E-state index contributed by atoms with van der Waals surface area (Å²) in [6, 6.07) is 6.79. The van der Waals surface area contributed by atoms with E-state index in [9.17, 15) is 8.42 Å². The summed E-state index contributed by atoms with van der Waals surface area (Å²) in [4.78, 5) is 8.04. The number of ether oxygens (including phenoxy) is 1. The van der Waals surface area contributed by atoms with Crippen molar-refractivity contribution < 1.29 is 17.3 Å². The predicted octanol–water partition coefficient (Wildman–Crippen LogP) is 1.74. The maximum atomic E-state index is 12.0. The molecule has 112 valence electrons. The summed E-state index contributed by atoms with van der Waals surface area (Å²) in [5, 5.41) is 0. The fourth-order valence-electron chi connectivity index (χ4n) is 1.62. The second-order valence-corrected chi connectivity index (χ2v) is 6.03. The van der Waals surface area contributed by atoms with Gasteiger partial charge in [-0.1, -0.05) is 17.7 Å². The van der Waals surface area contributed by atoms with E-state index in [0.29, 0.717) is 6.42 Å². The topological polar surface area (TPSA) is 78.4 Å². The van der Waals surface area contributed by atoms with Crippen molar-refractivity contribution in [2.45, 2.75) is 18.2 Å². The highest BCUT2D eigenvalue weighted by atomic mass is 32.2. The normalized spacial score (nSPS) is 11.3. The Bertz CT molecular complexity index is 682. The molecule has 0 radical (unpaired) electrons. The number of nitrogens with zero attached hydrogens (tertiary/aromatic N) is 2. The number of benzene rings is 1. The lowest BCUT2D eigenvalue weighted by atomic mass is 10.2. The zero-order valence-corrected chi connectivity index (χ0v) is 12.6. The van der Waals surface area contributed by atoms with Crippen molar-refractivity contribution >= 4 is 10.1 Å². The molecule has 0 N–H and O–H groups in total. The molecule has 0 saturated carbocycles. The van der Waals surface area contributed by atoms with E-state index in [1.807, 2.05) is 6.92 Å². The monoisotopic (exact) mass is 308 g/mol. The van der Waals surface area contributed by atoms with Crippen LogP contribution in [0.1, 0.15) is 11.1 Å². The molecule has 0 amide bonds. The summed E-state index contributed by atoms with van der Waals surface area (Å²) in [6.07, 6.45) is 3.55. The van der Waals surface area contributed by atoms with Gasteiger partial charge in [-0.2, -0.15) is 8.42 Å². The first-order valence-corrected chi connectivity index (χ1v) is 7.73. The zero-order valence-electron chi connectivity index (χ0n) is 11.8. The Balaban J connectivity index is 1.93. The molecule has 0 saturated heterocycles. The highest BCUT2D eigenvalue weighted by Crippen LogP contribution is 2.13. The summed E-state index contributed by atoms with van der Waals surface area (Å²) < 4.78 is 33.8. The first kappa shape index (κ1) is 15.4. The van der Waals surface area contributed by atoms with Gasteiger partial charge in [0.2, 0.25) is 0 Å². The van der Waals surface area contributed by atoms with Crippen molar-refractivity contribution in [1.82, 2.24) is 9.97 Å². The zero-order chi connectivity index (χ0) is 15.3. The number of hydrogen-bond acceptors (Lipinski definition) is 6. The van der Waals surface area contributed by atoms with E-state index in [1.54, 1.807) is 24.5 Å². The van der Waals surface area contributed by atoms with Gasteiger partial charge in [0, 0.05) is 18.8 Å². The van der Waals surface area contributed by atoms with Crippen molar-refractivity contribution in [3.05, 3.63) is 47.8 Å². The summed E-state index contributed by atoms with van der Waals surface area (Å²) in [5.41, 5.74) is 1.76. The van der Waals surface area contributed by atoms with Crippen LogP contribution in [-0.2, 0) is 20.7 Å². The molecule has 2 rings (SSSR count). The minimum atomic E-state index is -3.73. The van der Waals surface area contributed by atoms with Crippen LogP contribution >= 0.6 is 0 Å². The van der Waals surface area contributed by atoms with Crippen LogP contribution in [0.2, 0.25) is 0 Å². The second-order valence-electron chi connectivity index (χ2n) is 4.42. The average Bonchev–Trinajstić information content (AvgIpc) is 2.48. The quantitative estimate of drug-likeness (QED) is 0.756. The maximum Gasteiger partial charge on any atom is 0.316 e. The predicted molar refractivity (Wildman–Crippen MR) is 76.6 cm³/mol. The standard InChI is InChI=1S/C14H16N2O4S/c1-11-3-5-13(6-4-11)21(17,18)20-8-7-12-9-15-14(19-2)16-10-12/h3-6,9-10H,7-8H2,1-2H3. The largest absolute Gasteiger partial charge is 0.467 e. The van der Waals surface area contributed by atoms with E-state index in [2.05, 4.69) is 9.97 Å². The van der Waals surface area contributed by atoms with Gasteiger partial charge in [-0.3, -0.25) is 4.18 Å². The molecule has 0 aliphatic rings. The Labute approximate surface area is 123 Å². The fraction of sp³-hybridized carbons (Fsp3) is 0.286. The van der Waals surface area contributed by atoms with Crippen LogP contribution in [0.3, 0.4) is 0 Å². The molecule has 0 bridgehead atoms. The number of rotatable bonds is 6. The molecular formula is C14H16N2O4S. The molecule has 0 spiro atoms. The van der Waals surface area contributed by atoms with Gasteiger partial charge >= 0.3 is 6.01 Å². The van der Waals surface area contributed by atoms with Crippen molar-refractivity contribution in [3.63, 3.8) is 0 Å². The minimum absolute atomic E-state index is 0.0336. The van der Waals surface area contributed by atoms with Gasteiger partial charge in [0.15, 0.2) is 0 Å². The van der Waals surface area contributed by atoms with Crippen LogP contribution in [0, 0.1) is 6.92 Å². The van der Waals surface area contributed by atoms with Crippen molar-refractivity contribution in [2.24, 2.45) is 0 Å². The second kappa shape index (κ2) is 6.64. The highest BCUT2D eigenvalue weighted by molar-refractivity contribution is 7.86. The van der Waals surface area contributed by atoms with E-state index < -0.39 is 10.1 Å². The maximum absolute atomic E-state index is 12.0. The third-order valence-electron chi connectivity index (χ3n) is 2.80. The fourth-order valence-corrected chi connectivity index (χ4v) is 2.53. The lowest BCUT2D eigenvalue weighted by Gasteiger charge is -2.06.